The van der Waals surface area contributed by atoms with Gasteiger partial charge < -0.3 is 9.80 Å². The SMILES string of the molecule is CC(C(=O)N1CCC(C2NNCC2c2cccc(F)c2)CC1)N1CCCC1=O. The second-order valence-corrected chi connectivity index (χ2v) is 8.24. The number of carbonyl (C=O) groups excluding carboxylic acids is 2. The summed E-state index contributed by atoms with van der Waals surface area (Å²) in [6.45, 7) is 4.74. The molecule has 2 amide bonds. The molecule has 28 heavy (non-hydrogen) atoms. The van der Waals surface area contributed by atoms with Gasteiger partial charge in [-0.05, 0) is 49.8 Å². The number of halogens is 1. The van der Waals surface area contributed by atoms with Crippen LogP contribution in [0.2, 0.25) is 0 Å². The molecule has 1 aromatic carbocycles. The number of nitrogens with one attached hydrogen (secondary N) is 2. The van der Waals surface area contributed by atoms with E-state index in [1.54, 1.807) is 17.0 Å². The molecule has 1 aromatic rings. The molecule has 7 heteroatoms. The zero-order valence-corrected chi connectivity index (χ0v) is 16.4. The average molecular weight is 388 g/mol. The molecule has 4 rings (SSSR count). The van der Waals surface area contributed by atoms with Crippen molar-refractivity contribution in [2.45, 2.75) is 50.6 Å². The summed E-state index contributed by atoms with van der Waals surface area (Å²) in [5, 5.41) is 0. The summed E-state index contributed by atoms with van der Waals surface area (Å²) in [5.74, 6) is 0.608. The number of amides is 2. The fourth-order valence-corrected chi connectivity index (χ4v) is 4.98. The van der Waals surface area contributed by atoms with Crippen LogP contribution in [0.3, 0.4) is 0 Å². The Morgan fingerprint density at radius 1 is 1.25 bits per heavy atom. The lowest BCUT2D eigenvalue weighted by Gasteiger charge is -2.38. The van der Waals surface area contributed by atoms with E-state index in [-0.39, 0.29) is 35.6 Å². The maximum atomic E-state index is 13.6. The van der Waals surface area contributed by atoms with E-state index in [0.717, 1.165) is 31.4 Å². The second kappa shape index (κ2) is 8.17. The zero-order valence-electron chi connectivity index (χ0n) is 16.4. The highest BCUT2D eigenvalue weighted by Crippen LogP contribution is 2.33. The Balaban J connectivity index is 1.36. The fraction of sp³-hybridized carbons (Fsp3) is 0.619. The third-order valence-corrected chi connectivity index (χ3v) is 6.60. The Labute approximate surface area is 165 Å². The highest BCUT2D eigenvalue weighted by Gasteiger charge is 2.38. The number of hydrogen-bond donors (Lipinski definition) is 2. The Hall–Kier alpha value is -1.99. The first-order chi connectivity index (χ1) is 13.5. The summed E-state index contributed by atoms with van der Waals surface area (Å²) in [4.78, 5) is 28.4. The zero-order chi connectivity index (χ0) is 19.7. The lowest BCUT2D eigenvalue weighted by Crippen LogP contribution is -2.51. The molecule has 0 spiro atoms. The summed E-state index contributed by atoms with van der Waals surface area (Å²) >= 11 is 0. The molecular weight excluding hydrogens is 359 g/mol. The quantitative estimate of drug-likeness (QED) is 0.823. The summed E-state index contributed by atoms with van der Waals surface area (Å²) in [5.41, 5.74) is 7.63. The number of hydrazine groups is 1. The van der Waals surface area contributed by atoms with Crippen molar-refractivity contribution in [1.29, 1.82) is 0 Å². The van der Waals surface area contributed by atoms with Crippen LogP contribution in [0.1, 0.15) is 44.1 Å². The number of hydrogen-bond acceptors (Lipinski definition) is 4. The highest BCUT2D eigenvalue weighted by molar-refractivity contribution is 5.88. The molecule has 0 saturated carbocycles. The Morgan fingerprint density at radius 2 is 2.04 bits per heavy atom. The maximum Gasteiger partial charge on any atom is 0.245 e. The third kappa shape index (κ3) is 3.78. The van der Waals surface area contributed by atoms with E-state index in [2.05, 4.69) is 10.9 Å². The molecule has 2 N–H and O–H groups in total. The second-order valence-electron chi connectivity index (χ2n) is 8.24. The van der Waals surface area contributed by atoms with Gasteiger partial charge in [0.1, 0.15) is 11.9 Å². The van der Waals surface area contributed by atoms with Crippen LogP contribution in [0.15, 0.2) is 24.3 Å². The summed E-state index contributed by atoms with van der Waals surface area (Å²) < 4.78 is 13.6. The number of benzene rings is 1. The lowest BCUT2D eigenvalue weighted by molar-refractivity contribution is -0.143. The standard InChI is InChI=1S/C21H29FN4O2/c1-14(26-9-3-6-19(26)27)21(28)25-10-7-15(8-11-25)20-18(13-23-24-20)16-4-2-5-17(22)12-16/h2,4-5,12,14-15,18,20,23-24H,3,6-11,13H2,1H3. The van der Waals surface area contributed by atoms with Crippen LogP contribution in [-0.2, 0) is 9.59 Å². The Morgan fingerprint density at radius 3 is 2.71 bits per heavy atom. The molecule has 0 aromatic heterocycles. The summed E-state index contributed by atoms with van der Waals surface area (Å²) in [6.07, 6.45) is 3.23. The predicted octanol–water partition coefficient (Wildman–Crippen LogP) is 1.64. The van der Waals surface area contributed by atoms with Gasteiger partial charge in [0, 0.05) is 44.6 Å². The van der Waals surface area contributed by atoms with E-state index in [1.165, 1.54) is 6.07 Å². The molecule has 0 aliphatic carbocycles. The van der Waals surface area contributed by atoms with Crippen LogP contribution in [-0.4, -0.2) is 59.9 Å². The number of likely N-dealkylation sites (tertiary alicyclic amines) is 2. The van der Waals surface area contributed by atoms with Crippen molar-refractivity contribution in [1.82, 2.24) is 20.7 Å². The smallest absolute Gasteiger partial charge is 0.245 e. The molecule has 3 heterocycles. The van der Waals surface area contributed by atoms with Crippen molar-refractivity contribution in [2.24, 2.45) is 5.92 Å². The molecule has 0 radical (unpaired) electrons. The topological polar surface area (TPSA) is 64.7 Å². The van der Waals surface area contributed by atoms with E-state index in [4.69, 9.17) is 0 Å². The van der Waals surface area contributed by atoms with Crippen molar-refractivity contribution in [3.05, 3.63) is 35.6 Å². The van der Waals surface area contributed by atoms with Gasteiger partial charge in [0.25, 0.3) is 0 Å². The van der Waals surface area contributed by atoms with Crippen molar-refractivity contribution in [3.8, 4) is 0 Å². The first-order valence-corrected chi connectivity index (χ1v) is 10.4. The van der Waals surface area contributed by atoms with Crippen molar-refractivity contribution >= 4 is 11.8 Å². The van der Waals surface area contributed by atoms with Gasteiger partial charge in [-0.25, -0.2) is 4.39 Å². The average Bonchev–Trinajstić information content (AvgIpc) is 3.36. The maximum absolute atomic E-state index is 13.6. The van der Waals surface area contributed by atoms with Gasteiger partial charge in [-0.15, -0.1) is 0 Å². The van der Waals surface area contributed by atoms with Crippen LogP contribution in [0.5, 0.6) is 0 Å². The lowest BCUT2D eigenvalue weighted by atomic mass is 9.80. The molecule has 6 nitrogen and oxygen atoms in total. The molecule has 3 aliphatic rings. The van der Waals surface area contributed by atoms with Crippen LogP contribution in [0, 0.1) is 11.7 Å². The van der Waals surface area contributed by atoms with Crippen LogP contribution < -0.4 is 10.9 Å². The first kappa shape index (κ1) is 19.3. The monoisotopic (exact) mass is 388 g/mol. The van der Waals surface area contributed by atoms with Crippen molar-refractivity contribution in [2.75, 3.05) is 26.2 Å². The van der Waals surface area contributed by atoms with E-state index >= 15 is 0 Å². The van der Waals surface area contributed by atoms with Gasteiger partial charge in [0.2, 0.25) is 11.8 Å². The molecule has 152 valence electrons. The number of carbonyl (C=O) groups is 2. The molecule has 3 atom stereocenters. The summed E-state index contributed by atoms with van der Waals surface area (Å²) in [7, 11) is 0. The highest BCUT2D eigenvalue weighted by atomic mass is 19.1. The van der Waals surface area contributed by atoms with E-state index in [0.29, 0.717) is 32.0 Å². The van der Waals surface area contributed by atoms with Gasteiger partial charge >= 0.3 is 0 Å². The molecule has 3 unspecified atom stereocenters. The number of nitrogens with zero attached hydrogens (tertiary/aromatic N) is 2. The van der Waals surface area contributed by atoms with Gasteiger partial charge in [-0.2, -0.15) is 0 Å². The van der Waals surface area contributed by atoms with Crippen LogP contribution in [0.25, 0.3) is 0 Å². The first-order valence-electron chi connectivity index (χ1n) is 10.4. The van der Waals surface area contributed by atoms with Gasteiger partial charge in [-0.3, -0.25) is 20.4 Å². The van der Waals surface area contributed by atoms with E-state index in [9.17, 15) is 14.0 Å². The minimum absolute atomic E-state index is 0.0629. The number of piperidine rings is 1. The van der Waals surface area contributed by atoms with Crippen LogP contribution in [0.4, 0.5) is 4.39 Å². The molecule has 3 aliphatic heterocycles. The van der Waals surface area contributed by atoms with Gasteiger partial charge in [0.05, 0.1) is 0 Å². The molecular formula is C21H29FN4O2. The third-order valence-electron chi connectivity index (χ3n) is 6.60. The fourth-order valence-electron chi connectivity index (χ4n) is 4.98. The van der Waals surface area contributed by atoms with Gasteiger partial charge in [-0.1, -0.05) is 12.1 Å². The Bertz CT molecular complexity index is 735. The van der Waals surface area contributed by atoms with Crippen LogP contribution >= 0.6 is 0 Å². The predicted molar refractivity (Wildman–Crippen MR) is 104 cm³/mol. The minimum atomic E-state index is -0.363. The molecule has 3 fully saturated rings. The van der Waals surface area contributed by atoms with E-state index < -0.39 is 0 Å². The summed E-state index contributed by atoms with van der Waals surface area (Å²) in [6, 6.07) is 6.73. The largest absolute Gasteiger partial charge is 0.341 e. The minimum Gasteiger partial charge on any atom is -0.341 e. The molecule has 3 saturated heterocycles. The van der Waals surface area contributed by atoms with Crippen molar-refractivity contribution in [3.63, 3.8) is 0 Å². The number of rotatable bonds is 4. The Kier molecular flexibility index (Phi) is 5.64. The van der Waals surface area contributed by atoms with Crippen molar-refractivity contribution < 1.29 is 14.0 Å². The van der Waals surface area contributed by atoms with E-state index in [1.807, 2.05) is 17.9 Å². The molecule has 0 bridgehead atoms. The normalized spacial score (nSPS) is 27.4. The van der Waals surface area contributed by atoms with Gasteiger partial charge in [0.15, 0.2) is 0 Å².